The number of carbonyl (C=O) groups excluding carboxylic acids is 2. The van der Waals surface area contributed by atoms with Crippen molar-refractivity contribution in [2.45, 2.75) is 6.92 Å². The van der Waals surface area contributed by atoms with Gasteiger partial charge in [-0.3, -0.25) is 4.79 Å². The molecule has 2 saturated heterocycles. The molecule has 198 valence electrons. The van der Waals surface area contributed by atoms with Gasteiger partial charge in [0, 0.05) is 42.1 Å². The molecule has 0 atom stereocenters. The lowest BCUT2D eigenvalue weighted by atomic mass is 10.1. The zero-order valence-electron chi connectivity index (χ0n) is 20.7. The van der Waals surface area contributed by atoms with Gasteiger partial charge in [-0.15, -0.1) is 0 Å². The lowest BCUT2D eigenvalue weighted by Crippen LogP contribution is -2.41. The van der Waals surface area contributed by atoms with E-state index in [1.807, 2.05) is 6.92 Å². The molecule has 2 fully saturated rings. The standard InChI is InChI=1S/C26H26ClFN6O4/c1-16-23(27)31-24(32-25(16)33-8-11-37-12-9-33)17-2-7-21(20(28)14-17)30-26(36)29-18-3-5-19(6-4-18)34-10-13-38-15-22(34)35/h2-7,14H,8-13,15H2,1H3,(H2,29,30,36). The highest BCUT2D eigenvalue weighted by Gasteiger charge is 2.21. The fourth-order valence-electron chi connectivity index (χ4n) is 4.25. The highest BCUT2D eigenvalue weighted by molar-refractivity contribution is 6.30. The number of aromatic nitrogens is 2. The molecule has 2 aliphatic rings. The van der Waals surface area contributed by atoms with Gasteiger partial charge in [0.25, 0.3) is 5.91 Å². The Hall–Kier alpha value is -3.80. The number of rotatable bonds is 5. The first-order valence-electron chi connectivity index (χ1n) is 12.1. The van der Waals surface area contributed by atoms with E-state index in [4.69, 9.17) is 21.1 Å². The molecule has 0 aliphatic carbocycles. The molecule has 2 N–H and O–H groups in total. The fraction of sp³-hybridized carbons (Fsp3) is 0.308. The van der Waals surface area contributed by atoms with Crippen LogP contribution in [0, 0.1) is 12.7 Å². The molecule has 1 aromatic heterocycles. The molecule has 5 rings (SSSR count). The van der Waals surface area contributed by atoms with Crippen LogP contribution in [0.5, 0.6) is 0 Å². The Kier molecular flexibility index (Phi) is 7.68. The molecular formula is C26H26ClFN6O4. The number of urea groups is 1. The topological polar surface area (TPSA) is 109 Å². The number of ether oxygens (including phenoxy) is 2. The SMILES string of the molecule is Cc1c(Cl)nc(-c2ccc(NC(=O)Nc3ccc(N4CCOCC4=O)cc3)c(F)c2)nc1N1CCOCC1. The van der Waals surface area contributed by atoms with Crippen molar-refractivity contribution >= 4 is 46.4 Å². The quantitative estimate of drug-likeness (QED) is 0.469. The van der Waals surface area contributed by atoms with Crippen molar-refractivity contribution in [2.24, 2.45) is 0 Å². The largest absolute Gasteiger partial charge is 0.378 e. The van der Waals surface area contributed by atoms with E-state index in [0.29, 0.717) is 67.4 Å². The zero-order valence-corrected chi connectivity index (χ0v) is 21.4. The van der Waals surface area contributed by atoms with Crippen LogP contribution in [0.3, 0.4) is 0 Å². The molecule has 12 heteroatoms. The van der Waals surface area contributed by atoms with E-state index in [1.165, 1.54) is 12.1 Å². The summed E-state index contributed by atoms with van der Waals surface area (Å²) in [5, 5.41) is 5.46. The average Bonchev–Trinajstić information content (AvgIpc) is 2.92. The molecule has 10 nitrogen and oxygen atoms in total. The molecular weight excluding hydrogens is 515 g/mol. The van der Waals surface area contributed by atoms with Crippen molar-refractivity contribution in [1.29, 1.82) is 0 Å². The van der Waals surface area contributed by atoms with Gasteiger partial charge >= 0.3 is 6.03 Å². The second kappa shape index (κ2) is 11.3. The Morgan fingerprint density at radius 3 is 2.45 bits per heavy atom. The molecule has 0 unspecified atom stereocenters. The number of carbonyl (C=O) groups is 2. The third-order valence-corrected chi connectivity index (χ3v) is 6.64. The lowest BCUT2D eigenvalue weighted by molar-refractivity contribution is -0.125. The first kappa shape index (κ1) is 25.8. The molecule has 0 spiro atoms. The van der Waals surface area contributed by atoms with Gasteiger partial charge in [-0.25, -0.2) is 19.2 Å². The van der Waals surface area contributed by atoms with Gasteiger partial charge in [-0.2, -0.15) is 0 Å². The minimum atomic E-state index is -0.646. The third-order valence-electron chi connectivity index (χ3n) is 6.27. The highest BCUT2D eigenvalue weighted by Crippen LogP contribution is 2.29. The minimum absolute atomic E-state index is 0.00612. The predicted molar refractivity (Wildman–Crippen MR) is 142 cm³/mol. The Morgan fingerprint density at radius 2 is 1.74 bits per heavy atom. The summed E-state index contributed by atoms with van der Waals surface area (Å²) in [6, 6.07) is 10.5. The van der Waals surface area contributed by atoms with E-state index in [0.717, 1.165) is 5.56 Å². The van der Waals surface area contributed by atoms with Crippen LogP contribution in [0.4, 0.5) is 32.1 Å². The number of nitrogens with zero attached hydrogens (tertiary/aromatic N) is 4. The maximum absolute atomic E-state index is 15.0. The van der Waals surface area contributed by atoms with Gasteiger partial charge in [0.15, 0.2) is 5.82 Å². The van der Waals surface area contributed by atoms with E-state index >= 15 is 0 Å². The normalized spacial score (nSPS) is 15.9. The molecule has 0 saturated carbocycles. The van der Waals surface area contributed by atoms with E-state index < -0.39 is 11.8 Å². The number of hydrogen-bond donors (Lipinski definition) is 2. The van der Waals surface area contributed by atoms with Gasteiger partial charge in [0.2, 0.25) is 0 Å². The minimum Gasteiger partial charge on any atom is -0.378 e. The van der Waals surface area contributed by atoms with Gasteiger partial charge in [-0.1, -0.05) is 11.6 Å². The third kappa shape index (κ3) is 5.69. The fourth-order valence-corrected chi connectivity index (χ4v) is 4.41. The first-order chi connectivity index (χ1) is 18.4. The molecule has 3 heterocycles. The molecule has 3 amide bonds. The molecule has 0 radical (unpaired) electrons. The Balaban J connectivity index is 1.26. The number of hydrogen-bond acceptors (Lipinski definition) is 7. The van der Waals surface area contributed by atoms with Crippen LogP contribution >= 0.6 is 11.6 Å². The number of nitrogens with one attached hydrogen (secondary N) is 2. The lowest BCUT2D eigenvalue weighted by Gasteiger charge is -2.29. The smallest absolute Gasteiger partial charge is 0.323 e. The molecule has 3 aromatic rings. The van der Waals surface area contributed by atoms with Gasteiger partial charge in [-0.05, 0) is 49.4 Å². The van der Waals surface area contributed by atoms with E-state index in [-0.39, 0.29) is 24.0 Å². The summed E-state index contributed by atoms with van der Waals surface area (Å²) in [5.74, 6) is 0.210. The van der Waals surface area contributed by atoms with Crippen molar-refractivity contribution in [3.8, 4) is 11.4 Å². The van der Waals surface area contributed by atoms with Crippen molar-refractivity contribution in [3.63, 3.8) is 0 Å². The summed E-state index contributed by atoms with van der Waals surface area (Å²) in [6.07, 6.45) is 0. The van der Waals surface area contributed by atoms with Gasteiger partial charge in [0.1, 0.15) is 23.4 Å². The number of halogens is 2. The van der Waals surface area contributed by atoms with Crippen molar-refractivity contribution in [1.82, 2.24) is 9.97 Å². The van der Waals surface area contributed by atoms with Crippen LogP contribution in [0.2, 0.25) is 5.15 Å². The monoisotopic (exact) mass is 540 g/mol. The number of benzene rings is 2. The first-order valence-corrected chi connectivity index (χ1v) is 12.5. The van der Waals surface area contributed by atoms with Crippen LogP contribution < -0.4 is 20.4 Å². The number of morpholine rings is 2. The zero-order chi connectivity index (χ0) is 26.6. The van der Waals surface area contributed by atoms with Gasteiger partial charge in [0.05, 0.1) is 25.5 Å². The summed E-state index contributed by atoms with van der Waals surface area (Å²) in [4.78, 5) is 37.2. The second-order valence-electron chi connectivity index (χ2n) is 8.80. The van der Waals surface area contributed by atoms with Crippen LogP contribution in [0.1, 0.15) is 5.56 Å². The van der Waals surface area contributed by atoms with Crippen LogP contribution in [0.15, 0.2) is 42.5 Å². The van der Waals surface area contributed by atoms with Crippen molar-refractivity contribution in [2.75, 3.05) is 66.5 Å². The summed E-state index contributed by atoms with van der Waals surface area (Å²) in [6.45, 7) is 5.36. The van der Waals surface area contributed by atoms with Crippen molar-refractivity contribution in [3.05, 3.63) is 59.0 Å². The Labute approximate surface area is 223 Å². The number of amides is 3. The second-order valence-corrected chi connectivity index (χ2v) is 9.16. The van der Waals surface area contributed by atoms with Crippen LogP contribution in [-0.2, 0) is 14.3 Å². The summed E-state index contributed by atoms with van der Waals surface area (Å²) in [7, 11) is 0. The molecule has 2 aromatic carbocycles. The summed E-state index contributed by atoms with van der Waals surface area (Å²) < 4.78 is 25.5. The molecule has 0 bridgehead atoms. The number of anilines is 4. The van der Waals surface area contributed by atoms with Crippen LogP contribution in [-0.4, -0.2) is 68.0 Å². The van der Waals surface area contributed by atoms with E-state index in [9.17, 15) is 14.0 Å². The Bertz CT molecular complexity index is 1350. The highest BCUT2D eigenvalue weighted by atomic mass is 35.5. The summed E-state index contributed by atoms with van der Waals surface area (Å²) in [5.41, 5.74) is 2.37. The average molecular weight is 541 g/mol. The molecule has 38 heavy (non-hydrogen) atoms. The molecule has 2 aliphatic heterocycles. The maximum atomic E-state index is 15.0. The van der Waals surface area contributed by atoms with Crippen LogP contribution in [0.25, 0.3) is 11.4 Å². The predicted octanol–water partition coefficient (Wildman–Crippen LogP) is 4.09. The van der Waals surface area contributed by atoms with E-state index in [2.05, 4.69) is 25.5 Å². The van der Waals surface area contributed by atoms with E-state index in [1.54, 1.807) is 35.2 Å². The maximum Gasteiger partial charge on any atom is 0.323 e. The Morgan fingerprint density at radius 1 is 1.00 bits per heavy atom. The van der Waals surface area contributed by atoms with Crippen molar-refractivity contribution < 1.29 is 23.5 Å². The summed E-state index contributed by atoms with van der Waals surface area (Å²) >= 11 is 6.37. The van der Waals surface area contributed by atoms with Gasteiger partial charge < -0.3 is 29.9 Å².